The Morgan fingerprint density at radius 3 is 2.54 bits per heavy atom. The Hall–Kier alpha value is -2.31. The first-order valence-corrected chi connectivity index (χ1v) is 10.4. The molecular weight excluding hydrogens is 352 g/mol. The number of anilines is 1. The van der Waals surface area contributed by atoms with Gasteiger partial charge in [0.05, 0.1) is 0 Å². The number of nitrogens with zero attached hydrogens (tertiary/aromatic N) is 4. The number of hydrogen-bond donors (Lipinski definition) is 2. The lowest BCUT2D eigenvalue weighted by molar-refractivity contribution is -0.131. The number of pyridine rings is 1. The van der Waals surface area contributed by atoms with Crippen molar-refractivity contribution in [1.29, 1.82) is 0 Å². The van der Waals surface area contributed by atoms with Crippen LogP contribution < -0.4 is 15.5 Å². The van der Waals surface area contributed by atoms with Gasteiger partial charge in [0.1, 0.15) is 5.82 Å². The lowest BCUT2D eigenvalue weighted by Gasteiger charge is -2.35. The number of piperazine rings is 1. The Balaban J connectivity index is 1.66. The van der Waals surface area contributed by atoms with Crippen LogP contribution in [0, 0.1) is 5.92 Å². The van der Waals surface area contributed by atoms with E-state index in [1.165, 1.54) is 6.42 Å². The average Bonchev–Trinajstić information content (AvgIpc) is 2.72. The van der Waals surface area contributed by atoms with E-state index in [1.807, 2.05) is 29.3 Å². The van der Waals surface area contributed by atoms with Gasteiger partial charge >= 0.3 is 0 Å². The third-order valence-electron chi connectivity index (χ3n) is 5.02. The Kier molecular flexibility index (Phi) is 9.04. The van der Waals surface area contributed by atoms with E-state index in [0.717, 1.165) is 44.4 Å². The molecule has 0 aromatic carbocycles. The van der Waals surface area contributed by atoms with E-state index in [4.69, 9.17) is 0 Å². The summed E-state index contributed by atoms with van der Waals surface area (Å²) in [6.07, 6.45) is 4.58. The minimum Gasteiger partial charge on any atom is -0.356 e. The molecule has 2 N–H and O–H groups in total. The average molecular weight is 389 g/mol. The first-order valence-electron chi connectivity index (χ1n) is 10.4. The van der Waals surface area contributed by atoms with Crippen LogP contribution in [0.3, 0.4) is 0 Å². The quantitative estimate of drug-likeness (QED) is 0.527. The van der Waals surface area contributed by atoms with Crippen LogP contribution in [0.15, 0.2) is 29.4 Å². The molecule has 1 atom stereocenters. The molecule has 0 spiro atoms. The largest absolute Gasteiger partial charge is 0.356 e. The number of hydrogen-bond acceptors (Lipinski definition) is 4. The van der Waals surface area contributed by atoms with Gasteiger partial charge in [-0.05, 0) is 37.8 Å². The van der Waals surface area contributed by atoms with Crippen LogP contribution in [0.2, 0.25) is 0 Å². The Bertz CT molecular complexity index is 611. The molecule has 2 heterocycles. The second-order valence-corrected chi connectivity index (χ2v) is 7.82. The number of guanidine groups is 1. The smallest absolute Gasteiger partial charge is 0.224 e. The van der Waals surface area contributed by atoms with Gasteiger partial charge in [0, 0.05) is 58.4 Å². The summed E-state index contributed by atoms with van der Waals surface area (Å²) in [7, 11) is 1.77. The fourth-order valence-electron chi connectivity index (χ4n) is 3.26. The minimum atomic E-state index is 0.191. The summed E-state index contributed by atoms with van der Waals surface area (Å²) >= 11 is 0. The van der Waals surface area contributed by atoms with E-state index in [2.05, 4.69) is 46.3 Å². The van der Waals surface area contributed by atoms with Crippen molar-refractivity contribution in [2.75, 3.05) is 44.7 Å². The third-order valence-corrected chi connectivity index (χ3v) is 5.02. The number of aliphatic imine (C=N–C) groups is 1. The van der Waals surface area contributed by atoms with Crippen molar-refractivity contribution in [3.63, 3.8) is 0 Å². The number of aromatic nitrogens is 1. The predicted octanol–water partition coefficient (Wildman–Crippen LogP) is 2.11. The molecule has 1 aliphatic rings. The molecule has 1 saturated heterocycles. The summed E-state index contributed by atoms with van der Waals surface area (Å²) < 4.78 is 0. The van der Waals surface area contributed by atoms with Gasteiger partial charge in [-0.25, -0.2) is 4.98 Å². The van der Waals surface area contributed by atoms with Crippen LogP contribution in [-0.2, 0) is 4.79 Å². The van der Waals surface area contributed by atoms with E-state index in [1.54, 1.807) is 7.05 Å². The van der Waals surface area contributed by atoms with Crippen LogP contribution in [0.1, 0.15) is 40.0 Å². The zero-order valence-corrected chi connectivity index (χ0v) is 17.8. The maximum atomic E-state index is 12.5. The lowest BCUT2D eigenvalue weighted by atomic mass is 10.0. The summed E-state index contributed by atoms with van der Waals surface area (Å²) in [5.41, 5.74) is 0. The lowest BCUT2D eigenvalue weighted by Crippen LogP contribution is -2.50. The van der Waals surface area contributed by atoms with Crippen molar-refractivity contribution in [3.05, 3.63) is 24.4 Å². The normalized spacial score (nSPS) is 16.2. The molecule has 0 bridgehead atoms. The molecular formula is C21H36N6O. The summed E-state index contributed by atoms with van der Waals surface area (Å²) in [5.74, 6) is 2.65. The fraction of sp³-hybridized carbons (Fsp3) is 0.667. The summed E-state index contributed by atoms with van der Waals surface area (Å²) in [6, 6.07) is 6.30. The maximum absolute atomic E-state index is 12.5. The molecule has 1 aromatic rings. The topological polar surface area (TPSA) is 72.9 Å². The second kappa shape index (κ2) is 11.5. The van der Waals surface area contributed by atoms with E-state index < -0.39 is 0 Å². The number of nitrogens with one attached hydrogen (secondary N) is 2. The van der Waals surface area contributed by atoms with Crippen LogP contribution >= 0.6 is 0 Å². The first-order chi connectivity index (χ1) is 13.5. The van der Waals surface area contributed by atoms with Crippen LogP contribution in [0.5, 0.6) is 0 Å². The van der Waals surface area contributed by atoms with Crippen LogP contribution in [0.4, 0.5) is 5.82 Å². The first kappa shape index (κ1) is 22.0. The molecule has 7 nitrogen and oxygen atoms in total. The number of amides is 1. The van der Waals surface area contributed by atoms with Gasteiger partial charge in [-0.1, -0.05) is 19.9 Å². The number of carbonyl (C=O) groups excluding carboxylic acids is 1. The highest BCUT2D eigenvalue weighted by Crippen LogP contribution is 2.13. The highest BCUT2D eigenvalue weighted by Gasteiger charge is 2.21. The van der Waals surface area contributed by atoms with Crippen molar-refractivity contribution in [2.45, 2.75) is 46.1 Å². The molecule has 1 unspecified atom stereocenters. The van der Waals surface area contributed by atoms with Gasteiger partial charge in [0.15, 0.2) is 5.96 Å². The van der Waals surface area contributed by atoms with Crippen LogP contribution in [0.25, 0.3) is 0 Å². The van der Waals surface area contributed by atoms with Gasteiger partial charge in [-0.15, -0.1) is 0 Å². The summed E-state index contributed by atoms with van der Waals surface area (Å²) in [4.78, 5) is 25.3. The zero-order valence-electron chi connectivity index (χ0n) is 17.8. The monoisotopic (exact) mass is 388 g/mol. The SMILES string of the molecule is CN=C(NCCC(=O)N1CCN(c2ccccn2)CC1)NC(C)CCC(C)C. The van der Waals surface area contributed by atoms with Crippen molar-refractivity contribution < 1.29 is 4.79 Å². The minimum absolute atomic E-state index is 0.191. The maximum Gasteiger partial charge on any atom is 0.224 e. The van der Waals surface area contributed by atoms with E-state index in [9.17, 15) is 4.79 Å². The fourth-order valence-corrected chi connectivity index (χ4v) is 3.26. The number of carbonyl (C=O) groups is 1. The highest BCUT2D eigenvalue weighted by molar-refractivity contribution is 5.81. The molecule has 156 valence electrons. The Morgan fingerprint density at radius 2 is 1.93 bits per heavy atom. The second-order valence-electron chi connectivity index (χ2n) is 7.82. The molecule has 2 rings (SSSR count). The van der Waals surface area contributed by atoms with Gasteiger partial charge in [0.25, 0.3) is 0 Å². The van der Waals surface area contributed by atoms with E-state index >= 15 is 0 Å². The molecule has 0 aliphatic carbocycles. The van der Waals surface area contributed by atoms with Crippen molar-refractivity contribution >= 4 is 17.7 Å². The molecule has 1 aliphatic heterocycles. The van der Waals surface area contributed by atoms with Gasteiger partial charge in [-0.3, -0.25) is 9.79 Å². The van der Waals surface area contributed by atoms with Crippen molar-refractivity contribution in [1.82, 2.24) is 20.5 Å². The van der Waals surface area contributed by atoms with Gasteiger partial charge in [0.2, 0.25) is 5.91 Å². The van der Waals surface area contributed by atoms with E-state index in [0.29, 0.717) is 24.9 Å². The third kappa shape index (κ3) is 7.37. The summed E-state index contributed by atoms with van der Waals surface area (Å²) in [6.45, 7) is 10.4. The van der Waals surface area contributed by atoms with Gasteiger partial charge < -0.3 is 20.4 Å². The highest BCUT2D eigenvalue weighted by atomic mass is 16.2. The van der Waals surface area contributed by atoms with Gasteiger partial charge in [-0.2, -0.15) is 0 Å². The molecule has 28 heavy (non-hydrogen) atoms. The Labute approximate surface area is 169 Å². The molecule has 1 aromatic heterocycles. The van der Waals surface area contributed by atoms with Crippen molar-refractivity contribution in [2.24, 2.45) is 10.9 Å². The molecule has 1 fully saturated rings. The predicted molar refractivity (Wildman–Crippen MR) is 116 cm³/mol. The standard InChI is InChI=1S/C21H36N6O/c1-17(2)8-9-18(3)25-21(22-4)24-12-10-20(28)27-15-13-26(14-16-27)19-7-5-6-11-23-19/h5-7,11,17-18H,8-10,12-16H2,1-4H3,(H2,22,24,25). The van der Waals surface area contributed by atoms with Crippen molar-refractivity contribution in [3.8, 4) is 0 Å². The molecule has 7 heteroatoms. The Morgan fingerprint density at radius 1 is 1.18 bits per heavy atom. The number of rotatable bonds is 8. The molecule has 1 amide bonds. The molecule has 0 saturated carbocycles. The van der Waals surface area contributed by atoms with Crippen LogP contribution in [-0.4, -0.2) is 67.6 Å². The molecule has 0 radical (unpaired) electrons. The summed E-state index contributed by atoms with van der Waals surface area (Å²) in [5, 5.41) is 6.66. The van der Waals surface area contributed by atoms with E-state index in [-0.39, 0.29) is 5.91 Å². The zero-order chi connectivity index (χ0) is 20.4.